The molecule has 0 N–H and O–H groups in total. The summed E-state index contributed by atoms with van der Waals surface area (Å²) in [5, 5.41) is 0. The van der Waals surface area contributed by atoms with E-state index in [-0.39, 0.29) is 0 Å². The normalized spacial score (nSPS) is 9.82. The first kappa shape index (κ1) is 6.90. The summed E-state index contributed by atoms with van der Waals surface area (Å²) < 4.78 is 0. The first-order chi connectivity index (χ1) is 5.47. The van der Waals surface area contributed by atoms with Gasteiger partial charge >= 0.3 is 71.9 Å². The molecule has 0 unspecified atom stereocenters. The molecule has 0 bridgehead atoms. The van der Waals surface area contributed by atoms with Crippen molar-refractivity contribution in [1.29, 1.82) is 0 Å². The molecule has 0 aliphatic carbocycles. The van der Waals surface area contributed by atoms with Crippen LogP contribution < -0.4 is 0 Å². The van der Waals surface area contributed by atoms with Gasteiger partial charge in [0, 0.05) is 0 Å². The summed E-state index contributed by atoms with van der Waals surface area (Å²) in [6, 6.07) is 12.7. The zero-order valence-corrected chi connectivity index (χ0v) is 7.74. The number of rotatable bonds is 1. The van der Waals surface area contributed by atoms with E-state index in [9.17, 15) is 0 Å². The van der Waals surface area contributed by atoms with Gasteiger partial charge in [0.1, 0.15) is 0 Å². The van der Waals surface area contributed by atoms with Crippen LogP contribution in [0.3, 0.4) is 0 Å². The van der Waals surface area contributed by atoms with Crippen molar-refractivity contribution in [3.05, 3.63) is 46.3 Å². The quantitative estimate of drug-likeness (QED) is 0.630. The molecule has 1 heteroatoms. The Hall–Kier alpha value is -0.781. The standard InChI is InChI=1S/C10H8Se/c1-2-4-9(5-3-1)10-6-7-11-8-10/h1-8H. The van der Waals surface area contributed by atoms with E-state index in [1.807, 2.05) is 6.07 Å². The van der Waals surface area contributed by atoms with Crippen LogP contribution in [0, 0.1) is 0 Å². The van der Waals surface area contributed by atoms with Gasteiger partial charge in [0.2, 0.25) is 0 Å². The first-order valence-corrected chi connectivity index (χ1v) is 5.52. The van der Waals surface area contributed by atoms with Crippen molar-refractivity contribution in [3.8, 4) is 11.1 Å². The van der Waals surface area contributed by atoms with E-state index in [1.54, 1.807) is 0 Å². The second-order valence-electron chi connectivity index (χ2n) is 2.38. The second-order valence-corrected chi connectivity index (χ2v) is 4.01. The van der Waals surface area contributed by atoms with E-state index in [2.05, 4.69) is 40.2 Å². The van der Waals surface area contributed by atoms with Crippen molar-refractivity contribution in [2.75, 3.05) is 0 Å². The molecule has 2 aromatic rings. The summed E-state index contributed by atoms with van der Waals surface area (Å²) in [5.74, 6) is 0. The third-order valence-electron chi connectivity index (χ3n) is 1.63. The average Bonchev–Trinajstić information content (AvgIpc) is 2.58. The summed E-state index contributed by atoms with van der Waals surface area (Å²) in [5.41, 5.74) is 2.72. The molecule has 1 aromatic heterocycles. The zero-order chi connectivity index (χ0) is 7.52. The Morgan fingerprint density at radius 1 is 0.818 bits per heavy atom. The van der Waals surface area contributed by atoms with Crippen molar-refractivity contribution in [3.63, 3.8) is 0 Å². The molecule has 0 aliphatic rings. The van der Waals surface area contributed by atoms with Gasteiger partial charge in [-0.1, -0.05) is 0 Å². The molecule has 0 nitrogen and oxygen atoms in total. The van der Waals surface area contributed by atoms with Crippen LogP contribution in [0.15, 0.2) is 46.3 Å². The van der Waals surface area contributed by atoms with Crippen LogP contribution in [-0.2, 0) is 0 Å². The van der Waals surface area contributed by atoms with Gasteiger partial charge in [-0.25, -0.2) is 0 Å². The van der Waals surface area contributed by atoms with Crippen molar-refractivity contribution in [2.24, 2.45) is 0 Å². The molecule has 0 fully saturated rings. The van der Waals surface area contributed by atoms with Gasteiger partial charge in [0.15, 0.2) is 0 Å². The molecular formula is C10H8Se. The van der Waals surface area contributed by atoms with Crippen LogP contribution in [0.5, 0.6) is 0 Å². The van der Waals surface area contributed by atoms with E-state index < -0.39 is 0 Å². The monoisotopic (exact) mass is 208 g/mol. The van der Waals surface area contributed by atoms with Crippen molar-refractivity contribution in [2.45, 2.75) is 0 Å². The van der Waals surface area contributed by atoms with Gasteiger partial charge in [-0.2, -0.15) is 0 Å². The Balaban J connectivity index is 2.46. The molecular weight excluding hydrogens is 199 g/mol. The molecule has 1 aromatic carbocycles. The molecule has 0 saturated heterocycles. The Morgan fingerprint density at radius 3 is 2.27 bits per heavy atom. The summed E-state index contributed by atoms with van der Waals surface area (Å²) in [4.78, 5) is 4.55. The Labute approximate surface area is 72.2 Å². The average molecular weight is 207 g/mol. The van der Waals surface area contributed by atoms with E-state index in [1.165, 1.54) is 11.1 Å². The fraction of sp³-hybridized carbons (Fsp3) is 0. The number of hydrogen-bond donors (Lipinski definition) is 0. The molecule has 0 spiro atoms. The van der Waals surface area contributed by atoms with Crippen LogP contribution in [0.2, 0.25) is 0 Å². The molecule has 0 amide bonds. The molecule has 2 rings (SSSR count). The van der Waals surface area contributed by atoms with Gasteiger partial charge in [-0.3, -0.25) is 0 Å². The predicted octanol–water partition coefficient (Wildman–Crippen LogP) is 2.41. The summed E-state index contributed by atoms with van der Waals surface area (Å²) in [7, 11) is 0. The van der Waals surface area contributed by atoms with Crippen LogP contribution in [0.4, 0.5) is 0 Å². The van der Waals surface area contributed by atoms with Crippen molar-refractivity contribution >= 4 is 14.5 Å². The molecule has 0 aliphatic heterocycles. The van der Waals surface area contributed by atoms with E-state index in [0.29, 0.717) is 14.5 Å². The summed E-state index contributed by atoms with van der Waals surface area (Å²) in [6.07, 6.45) is 0. The fourth-order valence-electron chi connectivity index (χ4n) is 1.06. The maximum atomic E-state index is 2.31. The van der Waals surface area contributed by atoms with Crippen molar-refractivity contribution in [1.82, 2.24) is 0 Å². The van der Waals surface area contributed by atoms with Crippen LogP contribution in [-0.4, -0.2) is 14.5 Å². The Bertz CT molecular complexity index is 308. The molecule has 1 heterocycles. The van der Waals surface area contributed by atoms with Gasteiger partial charge in [-0.15, -0.1) is 0 Å². The SMILES string of the molecule is c1ccc(-c2cc[se]c2)cc1. The molecule has 0 saturated carbocycles. The molecule has 0 radical (unpaired) electrons. The maximum absolute atomic E-state index is 2.31. The van der Waals surface area contributed by atoms with Gasteiger partial charge in [0.05, 0.1) is 0 Å². The minimum absolute atomic E-state index is 0.602. The minimum atomic E-state index is 0.602. The summed E-state index contributed by atoms with van der Waals surface area (Å²) >= 11 is 0.602. The molecule has 0 atom stereocenters. The third kappa shape index (κ3) is 1.45. The molecule has 11 heavy (non-hydrogen) atoms. The Morgan fingerprint density at radius 2 is 1.64 bits per heavy atom. The second kappa shape index (κ2) is 3.08. The summed E-state index contributed by atoms with van der Waals surface area (Å²) in [6.45, 7) is 0. The van der Waals surface area contributed by atoms with E-state index in [0.717, 1.165) is 0 Å². The van der Waals surface area contributed by atoms with E-state index in [4.69, 9.17) is 0 Å². The third-order valence-corrected chi connectivity index (χ3v) is 3.06. The predicted molar refractivity (Wildman–Crippen MR) is 48.8 cm³/mol. The fourth-order valence-corrected chi connectivity index (χ4v) is 2.45. The van der Waals surface area contributed by atoms with Crippen molar-refractivity contribution < 1.29 is 0 Å². The van der Waals surface area contributed by atoms with Crippen LogP contribution in [0.1, 0.15) is 0 Å². The molecule has 54 valence electrons. The number of hydrogen-bond acceptors (Lipinski definition) is 0. The number of benzene rings is 1. The zero-order valence-electron chi connectivity index (χ0n) is 6.03. The van der Waals surface area contributed by atoms with Gasteiger partial charge in [-0.05, 0) is 0 Å². The van der Waals surface area contributed by atoms with Gasteiger partial charge in [0.25, 0.3) is 0 Å². The first-order valence-electron chi connectivity index (χ1n) is 3.54. The van der Waals surface area contributed by atoms with Gasteiger partial charge < -0.3 is 0 Å². The topological polar surface area (TPSA) is 0 Å². The van der Waals surface area contributed by atoms with Crippen LogP contribution >= 0.6 is 0 Å². The van der Waals surface area contributed by atoms with Crippen LogP contribution in [0.25, 0.3) is 11.1 Å². The van der Waals surface area contributed by atoms with E-state index >= 15 is 0 Å². The Kier molecular flexibility index (Phi) is 1.93.